The highest BCUT2D eigenvalue weighted by molar-refractivity contribution is 4.93. The summed E-state index contributed by atoms with van der Waals surface area (Å²) in [5, 5.41) is 22.7. The number of hydrogen-bond donors (Lipinski definition) is 3. The number of aliphatic hydroxyl groups is 2. The first-order chi connectivity index (χ1) is 6.72. The van der Waals surface area contributed by atoms with E-state index in [2.05, 4.69) is 26.1 Å². The average Bonchev–Trinajstić information content (AvgIpc) is 2.23. The lowest BCUT2D eigenvalue weighted by molar-refractivity contribution is -0.0549. The fraction of sp³-hybridized carbons (Fsp3) is 1.00. The summed E-state index contributed by atoms with van der Waals surface area (Å²) in [6.45, 7) is 10.4. The molecule has 0 aromatic heterocycles. The first kappa shape index (κ1) is 12.9. The van der Waals surface area contributed by atoms with Crippen molar-refractivity contribution in [3.63, 3.8) is 0 Å². The topological polar surface area (TPSA) is 55.7 Å². The van der Waals surface area contributed by atoms with Gasteiger partial charge in [-0.3, -0.25) is 10.2 Å². The van der Waals surface area contributed by atoms with Crippen LogP contribution in [0.3, 0.4) is 0 Å². The summed E-state index contributed by atoms with van der Waals surface area (Å²) < 4.78 is 0. The van der Waals surface area contributed by atoms with E-state index in [1.165, 1.54) is 0 Å². The van der Waals surface area contributed by atoms with Gasteiger partial charge in [0.15, 0.2) is 6.35 Å². The quantitative estimate of drug-likeness (QED) is 0.637. The van der Waals surface area contributed by atoms with Gasteiger partial charge in [0.2, 0.25) is 0 Å². The Kier molecular flexibility index (Phi) is 3.76. The summed E-state index contributed by atoms with van der Waals surface area (Å²) in [7, 11) is 0. The van der Waals surface area contributed by atoms with Crippen molar-refractivity contribution in [2.45, 2.75) is 58.7 Å². The fourth-order valence-electron chi connectivity index (χ4n) is 2.48. The van der Waals surface area contributed by atoms with Crippen molar-refractivity contribution in [3.8, 4) is 0 Å². The van der Waals surface area contributed by atoms with Crippen molar-refractivity contribution in [1.82, 2.24) is 10.2 Å². The predicted molar refractivity (Wildman–Crippen MR) is 60.2 cm³/mol. The zero-order valence-electron chi connectivity index (χ0n) is 10.4. The van der Waals surface area contributed by atoms with Crippen molar-refractivity contribution in [1.29, 1.82) is 0 Å². The van der Waals surface area contributed by atoms with Crippen LogP contribution in [-0.4, -0.2) is 45.7 Å². The molecule has 1 saturated heterocycles. The van der Waals surface area contributed by atoms with Crippen LogP contribution < -0.4 is 5.32 Å². The number of nitrogens with one attached hydrogen (secondary N) is 1. The molecule has 0 radical (unpaired) electrons. The molecule has 0 aromatic rings. The third-order valence-electron chi connectivity index (χ3n) is 2.87. The second-order valence-corrected chi connectivity index (χ2v) is 5.55. The molecule has 15 heavy (non-hydrogen) atoms. The van der Waals surface area contributed by atoms with Gasteiger partial charge in [-0.05, 0) is 26.7 Å². The van der Waals surface area contributed by atoms with E-state index < -0.39 is 12.0 Å². The maximum atomic E-state index is 9.85. The highest BCUT2D eigenvalue weighted by Crippen LogP contribution is 2.24. The molecule has 0 saturated carbocycles. The van der Waals surface area contributed by atoms with Crippen LogP contribution >= 0.6 is 0 Å². The Morgan fingerprint density at radius 1 is 1.40 bits per heavy atom. The third kappa shape index (κ3) is 3.14. The summed E-state index contributed by atoms with van der Waals surface area (Å²) in [6.07, 6.45) is -0.640. The van der Waals surface area contributed by atoms with Crippen LogP contribution in [0.2, 0.25) is 0 Å². The van der Waals surface area contributed by atoms with Crippen LogP contribution in [0.5, 0.6) is 0 Å². The second-order valence-electron chi connectivity index (χ2n) is 5.55. The number of β-amino-alcohol motifs (C(OH)–C–C–N with tert-alkyl or cyclic N) is 1. The van der Waals surface area contributed by atoms with Crippen LogP contribution in [0.15, 0.2) is 0 Å². The van der Waals surface area contributed by atoms with E-state index in [4.69, 9.17) is 0 Å². The molecule has 90 valence electrons. The van der Waals surface area contributed by atoms with E-state index in [0.717, 1.165) is 0 Å². The lowest BCUT2D eigenvalue weighted by atomic mass is 9.96. The first-order valence-corrected chi connectivity index (χ1v) is 5.64. The van der Waals surface area contributed by atoms with E-state index in [1.807, 2.05) is 4.90 Å². The standard InChI is InChI=1S/C11H24N2O2/c1-7(2)9-8(3)12-10(14)13(9)6-11(4,5)15/h7-10,12,14-15H,6H2,1-5H3. The zero-order valence-corrected chi connectivity index (χ0v) is 10.4. The molecule has 1 rings (SSSR count). The maximum Gasteiger partial charge on any atom is 0.163 e. The summed E-state index contributed by atoms with van der Waals surface area (Å²) >= 11 is 0. The summed E-state index contributed by atoms with van der Waals surface area (Å²) in [5.41, 5.74) is -0.778. The monoisotopic (exact) mass is 216 g/mol. The van der Waals surface area contributed by atoms with Crippen molar-refractivity contribution in [2.24, 2.45) is 5.92 Å². The Morgan fingerprint density at radius 3 is 2.33 bits per heavy atom. The third-order valence-corrected chi connectivity index (χ3v) is 2.87. The van der Waals surface area contributed by atoms with Gasteiger partial charge in [0.1, 0.15) is 0 Å². The lowest BCUT2D eigenvalue weighted by Gasteiger charge is -2.34. The van der Waals surface area contributed by atoms with Gasteiger partial charge < -0.3 is 10.2 Å². The highest BCUT2D eigenvalue weighted by atomic mass is 16.3. The van der Waals surface area contributed by atoms with Gasteiger partial charge in [0.05, 0.1) is 5.60 Å². The first-order valence-electron chi connectivity index (χ1n) is 5.64. The van der Waals surface area contributed by atoms with E-state index in [0.29, 0.717) is 12.5 Å². The SMILES string of the molecule is CC(C)C1C(C)NC(O)N1CC(C)(C)O. The Bertz CT molecular complexity index is 213. The van der Waals surface area contributed by atoms with Gasteiger partial charge in [-0.25, -0.2) is 0 Å². The normalized spacial score (nSPS) is 34.0. The number of rotatable bonds is 3. The maximum absolute atomic E-state index is 9.85. The van der Waals surface area contributed by atoms with Gasteiger partial charge >= 0.3 is 0 Å². The lowest BCUT2D eigenvalue weighted by Crippen LogP contribution is -2.48. The smallest absolute Gasteiger partial charge is 0.163 e. The molecule has 1 aliphatic heterocycles. The highest BCUT2D eigenvalue weighted by Gasteiger charge is 2.40. The Morgan fingerprint density at radius 2 is 1.93 bits per heavy atom. The molecule has 4 nitrogen and oxygen atoms in total. The number of nitrogens with zero attached hydrogens (tertiary/aromatic N) is 1. The minimum absolute atomic E-state index is 0.252. The largest absolute Gasteiger partial charge is 0.389 e. The Labute approximate surface area is 92.3 Å². The van der Waals surface area contributed by atoms with Crippen LogP contribution in [0.4, 0.5) is 0 Å². The van der Waals surface area contributed by atoms with E-state index in [1.54, 1.807) is 13.8 Å². The van der Waals surface area contributed by atoms with Gasteiger partial charge in [-0.15, -0.1) is 0 Å². The minimum atomic E-state index is -0.778. The second kappa shape index (κ2) is 4.37. The molecule has 4 heteroatoms. The van der Waals surface area contributed by atoms with Gasteiger partial charge in [0, 0.05) is 18.6 Å². The zero-order chi connectivity index (χ0) is 11.8. The molecule has 3 unspecified atom stereocenters. The molecular formula is C11H24N2O2. The van der Waals surface area contributed by atoms with Gasteiger partial charge in [0.25, 0.3) is 0 Å². The summed E-state index contributed by atoms with van der Waals surface area (Å²) in [4.78, 5) is 1.94. The van der Waals surface area contributed by atoms with Crippen LogP contribution in [0.25, 0.3) is 0 Å². The van der Waals surface area contributed by atoms with Crippen molar-refractivity contribution < 1.29 is 10.2 Å². The molecular weight excluding hydrogens is 192 g/mol. The van der Waals surface area contributed by atoms with Crippen molar-refractivity contribution in [2.75, 3.05) is 6.54 Å². The molecule has 0 spiro atoms. The number of aliphatic hydroxyl groups excluding tert-OH is 1. The molecule has 3 N–H and O–H groups in total. The van der Waals surface area contributed by atoms with E-state index >= 15 is 0 Å². The average molecular weight is 216 g/mol. The summed E-state index contributed by atoms with van der Waals surface area (Å²) in [5.74, 6) is 0.451. The fourth-order valence-corrected chi connectivity index (χ4v) is 2.48. The molecule has 0 amide bonds. The minimum Gasteiger partial charge on any atom is -0.389 e. The number of hydrogen-bond acceptors (Lipinski definition) is 4. The molecule has 1 aliphatic rings. The molecule has 1 fully saturated rings. The van der Waals surface area contributed by atoms with E-state index in [9.17, 15) is 10.2 Å². The molecule has 1 heterocycles. The van der Waals surface area contributed by atoms with Gasteiger partial charge in [-0.1, -0.05) is 13.8 Å². The molecule has 0 bridgehead atoms. The van der Waals surface area contributed by atoms with Crippen molar-refractivity contribution >= 4 is 0 Å². The molecule has 0 aliphatic carbocycles. The van der Waals surface area contributed by atoms with Crippen LogP contribution in [0.1, 0.15) is 34.6 Å². The Hall–Kier alpha value is -0.160. The van der Waals surface area contributed by atoms with Crippen LogP contribution in [-0.2, 0) is 0 Å². The van der Waals surface area contributed by atoms with E-state index in [-0.39, 0.29) is 12.1 Å². The van der Waals surface area contributed by atoms with Crippen molar-refractivity contribution in [3.05, 3.63) is 0 Å². The predicted octanol–water partition coefficient (Wildman–Crippen LogP) is 0.351. The van der Waals surface area contributed by atoms with Crippen LogP contribution in [0, 0.1) is 5.92 Å². The molecule has 3 atom stereocenters. The van der Waals surface area contributed by atoms with Gasteiger partial charge in [-0.2, -0.15) is 0 Å². The Balaban J connectivity index is 2.75. The summed E-state index contributed by atoms with van der Waals surface area (Å²) in [6, 6.07) is 0.522. The molecule has 0 aromatic carbocycles.